The summed E-state index contributed by atoms with van der Waals surface area (Å²) in [6.07, 6.45) is 1.62. The Labute approximate surface area is 167 Å². The van der Waals surface area contributed by atoms with Crippen molar-refractivity contribution >= 4 is 17.6 Å². The Bertz CT molecular complexity index is 1080. The van der Waals surface area contributed by atoms with E-state index in [-0.39, 0.29) is 5.92 Å². The number of aryl methyl sites for hydroxylation is 2. The monoisotopic (exact) mass is 388 g/mol. The summed E-state index contributed by atoms with van der Waals surface area (Å²) < 4.78 is 5.66. The van der Waals surface area contributed by atoms with Gasteiger partial charge in [-0.15, -0.1) is 11.3 Å². The molecule has 0 saturated heterocycles. The topological polar surface area (TPSA) is 56.0 Å². The van der Waals surface area contributed by atoms with Crippen molar-refractivity contribution in [1.29, 1.82) is 0 Å². The van der Waals surface area contributed by atoms with Crippen molar-refractivity contribution in [3.63, 3.8) is 0 Å². The third-order valence-electron chi connectivity index (χ3n) is 4.94. The average molecular weight is 388 g/mol. The van der Waals surface area contributed by atoms with Gasteiger partial charge in [-0.2, -0.15) is 4.98 Å². The summed E-state index contributed by atoms with van der Waals surface area (Å²) in [4.78, 5) is 16.7. The largest absolute Gasteiger partial charge is 0.338 e. The SMILES string of the molecule is Cc1ccc(CC(c2nc(-c3ccc(C=O)cc3)no2)c2cccs2)cc1C. The van der Waals surface area contributed by atoms with E-state index in [0.29, 0.717) is 17.3 Å². The summed E-state index contributed by atoms with van der Waals surface area (Å²) in [7, 11) is 0. The molecule has 2 heterocycles. The highest BCUT2D eigenvalue weighted by Gasteiger charge is 2.23. The molecule has 1 unspecified atom stereocenters. The lowest BCUT2D eigenvalue weighted by Crippen LogP contribution is -2.04. The molecule has 2 aromatic carbocycles. The smallest absolute Gasteiger partial charge is 0.235 e. The number of benzene rings is 2. The third-order valence-corrected chi connectivity index (χ3v) is 5.93. The summed E-state index contributed by atoms with van der Waals surface area (Å²) in [5.74, 6) is 1.15. The van der Waals surface area contributed by atoms with Crippen LogP contribution in [0, 0.1) is 13.8 Å². The van der Waals surface area contributed by atoms with E-state index in [9.17, 15) is 4.79 Å². The molecule has 4 aromatic rings. The van der Waals surface area contributed by atoms with Crippen molar-refractivity contribution < 1.29 is 9.32 Å². The Balaban J connectivity index is 1.66. The first kappa shape index (κ1) is 18.3. The predicted octanol–water partition coefficient (Wildman–Crippen LogP) is 5.60. The first-order valence-electron chi connectivity index (χ1n) is 9.13. The minimum Gasteiger partial charge on any atom is -0.338 e. The molecule has 0 saturated carbocycles. The molecule has 0 aliphatic rings. The second kappa shape index (κ2) is 7.90. The molecule has 0 N–H and O–H groups in total. The molecule has 4 rings (SSSR count). The quantitative estimate of drug-likeness (QED) is 0.403. The lowest BCUT2D eigenvalue weighted by molar-refractivity contribution is 0.112. The zero-order valence-electron chi connectivity index (χ0n) is 15.8. The third kappa shape index (κ3) is 3.80. The van der Waals surface area contributed by atoms with Crippen molar-refractivity contribution in [2.75, 3.05) is 0 Å². The summed E-state index contributed by atoms with van der Waals surface area (Å²) in [5, 5.41) is 6.24. The van der Waals surface area contributed by atoms with Crippen LogP contribution in [-0.4, -0.2) is 16.4 Å². The molecule has 4 nitrogen and oxygen atoms in total. The van der Waals surface area contributed by atoms with Crippen molar-refractivity contribution in [2.45, 2.75) is 26.2 Å². The van der Waals surface area contributed by atoms with Crippen LogP contribution in [0.5, 0.6) is 0 Å². The highest BCUT2D eigenvalue weighted by Crippen LogP contribution is 2.32. The van der Waals surface area contributed by atoms with Crippen LogP contribution in [0.25, 0.3) is 11.4 Å². The normalized spacial score (nSPS) is 12.1. The number of nitrogens with zero attached hydrogens (tertiary/aromatic N) is 2. The lowest BCUT2D eigenvalue weighted by Gasteiger charge is -2.12. The summed E-state index contributed by atoms with van der Waals surface area (Å²) in [5.41, 5.74) is 5.27. The van der Waals surface area contributed by atoms with Crippen molar-refractivity contribution in [1.82, 2.24) is 10.1 Å². The lowest BCUT2D eigenvalue weighted by atomic mass is 9.95. The van der Waals surface area contributed by atoms with Crippen LogP contribution in [0.15, 0.2) is 64.5 Å². The molecular formula is C23H20N2O2S. The van der Waals surface area contributed by atoms with Crippen LogP contribution in [0.3, 0.4) is 0 Å². The predicted molar refractivity (Wildman–Crippen MR) is 111 cm³/mol. The molecule has 28 heavy (non-hydrogen) atoms. The fourth-order valence-electron chi connectivity index (χ4n) is 3.17. The fraction of sp³-hybridized carbons (Fsp3) is 0.174. The summed E-state index contributed by atoms with van der Waals surface area (Å²) in [6, 6.07) is 17.9. The maximum absolute atomic E-state index is 10.8. The first-order chi connectivity index (χ1) is 13.6. The number of hydrogen-bond acceptors (Lipinski definition) is 5. The van der Waals surface area contributed by atoms with E-state index >= 15 is 0 Å². The van der Waals surface area contributed by atoms with E-state index in [2.05, 4.69) is 53.6 Å². The molecule has 0 aliphatic heterocycles. The zero-order valence-corrected chi connectivity index (χ0v) is 16.6. The Morgan fingerprint density at radius 3 is 2.57 bits per heavy atom. The number of hydrogen-bond donors (Lipinski definition) is 0. The molecule has 0 fully saturated rings. The van der Waals surface area contributed by atoms with Gasteiger partial charge < -0.3 is 4.52 Å². The van der Waals surface area contributed by atoms with Gasteiger partial charge in [0.2, 0.25) is 11.7 Å². The second-order valence-corrected chi connectivity index (χ2v) is 7.87. The van der Waals surface area contributed by atoms with E-state index in [1.807, 2.05) is 18.2 Å². The molecule has 2 aromatic heterocycles. The second-order valence-electron chi connectivity index (χ2n) is 6.89. The molecule has 1 atom stereocenters. The van der Waals surface area contributed by atoms with Crippen LogP contribution >= 0.6 is 11.3 Å². The molecule has 0 spiro atoms. The standard InChI is InChI=1S/C23H20N2O2S/c1-15-5-6-18(12-16(15)2)13-20(21-4-3-11-28-21)23-24-22(25-27-23)19-9-7-17(14-26)8-10-19/h3-12,14,20H,13H2,1-2H3. The van der Waals surface area contributed by atoms with Crippen LogP contribution in [0.2, 0.25) is 0 Å². The molecule has 0 radical (unpaired) electrons. The van der Waals surface area contributed by atoms with E-state index in [1.165, 1.54) is 21.6 Å². The molecular weight excluding hydrogens is 368 g/mol. The first-order valence-corrected chi connectivity index (χ1v) is 10.0. The Kier molecular flexibility index (Phi) is 5.17. The minimum atomic E-state index is 0.0117. The number of aromatic nitrogens is 2. The maximum atomic E-state index is 10.8. The number of carbonyl (C=O) groups is 1. The summed E-state index contributed by atoms with van der Waals surface area (Å²) >= 11 is 1.70. The number of rotatable bonds is 6. The van der Waals surface area contributed by atoms with Crippen LogP contribution in [0.4, 0.5) is 0 Å². The van der Waals surface area contributed by atoms with Gasteiger partial charge in [0.15, 0.2) is 0 Å². The number of thiophene rings is 1. The molecule has 0 bridgehead atoms. The minimum absolute atomic E-state index is 0.0117. The van der Waals surface area contributed by atoms with Gasteiger partial charge in [0, 0.05) is 16.0 Å². The van der Waals surface area contributed by atoms with Crippen LogP contribution in [0.1, 0.15) is 43.7 Å². The van der Waals surface area contributed by atoms with Gasteiger partial charge in [0.25, 0.3) is 0 Å². The van der Waals surface area contributed by atoms with Gasteiger partial charge in [0.05, 0.1) is 5.92 Å². The molecule has 0 aliphatic carbocycles. The van der Waals surface area contributed by atoms with Gasteiger partial charge in [-0.25, -0.2) is 0 Å². The van der Waals surface area contributed by atoms with Crippen molar-refractivity contribution in [3.05, 3.63) is 93.0 Å². The van der Waals surface area contributed by atoms with Gasteiger partial charge in [-0.1, -0.05) is 53.7 Å². The van der Waals surface area contributed by atoms with Gasteiger partial charge in [0.1, 0.15) is 6.29 Å². The highest BCUT2D eigenvalue weighted by molar-refractivity contribution is 7.10. The van der Waals surface area contributed by atoms with E-state index in [1.54, 1.807) is 23.5 Å². The highest BCUT2D eigenvalue weighted by atomic mass is 32.1. The fourth-order valence-corrected chi connectivity index (χ4v) is 3.99. The summed E-state index contributed by atoms with van der Waals surface area (Å²) in [6.45, 7) is 4.25. The van der Waals surface area contributed by atoms with Gasteiger partial charge in [-0.05, 0) is 48.4 Å². The average Bonchev–Trinajstić information content (AvgIpc) is 3.41. The Morgan fingerprint density at radius 2 is 1.89 bits per heavy atom. The Hall–Kier alpha value is -3.05. The van der Waals surface area contributed by atoms with E-state index in [4.69, 9.17) is 4.52 Å². The maximum Gasteiger partial charge on any atom is 0.235 e. The van der Waals surface area contributed by atoms with Gasteiger partial charge in [-0.3, -0.25) is 4.79 Å². The van der Waals surface area contributed by atoms with Crippen molar-refractivity contribution in [2.24, 2.45) is 0 Å². The molecule has 5 heteroatoms. The van der Waals surface area contributed by atoms with E-state index in [0.717, 1.165) is 18.3 Å². The molecule has 0 amide bonds. The number of carbonyl (C=O) groups excluding carboxylic acids is 1. The van der Waals surface area contributed by atoms with Crippen LogP contribution < -0.4 is 0 Å². The van der Waals surface area contributed by atoms with Crippen LogP contribution in [-0.2, 0) is 6.42 Å². The Morgan fingerprint density at radius 1 is 1.07 bits per heavy atom. The van der Waals surface area contributed by atoms with E-state index < -0.39 is 0 Å². The van der Waals surface area contributed by atoms with Gasteiger partial charge >= 0.3 is 0 Å². The van der Waals surface area contributed by atoms with Crippen molar-refractivity contribution in [3.8, 4) is 11.4 Å². The number of aldehydes is 1. The zero-order chi connectivity index (χ0) is 19.5. The molecule has 140 valence electrons.